The number of sulfonamides is 1. The molecular formula is C17H18F3N3O3S2. The molecular weight excluding hydrogens is 415 g/mol. The van der Waals surface area contributed by atoms with E-state index in [2.05, 4.69) is 10.3 Å². The minimum absolute atomic E-state index is 0.398. The summed E-state index contributed by atoms with van der Waals surface area (Å²) in [5.74, 6) is -0.639. The van der Waals surface area contributed by atoms with E-state index >= 15 is 0 Å². The maximum atomic E-state index is 12.8. The molecule has 1 aliphatic rings. The molecule has 0 bridgehead atoms. The molecule has 2 N–H and O–H groups in total. The lowest BCUT2D eigenvalue weighted by atomic mass is 10.2. The zero-order valence-corrected chi connectivity index (χ0v) is 16.3. The van der Waals surface area contributed by atoms with Crippen molar-refractivity contribution in [3.05, 3.63) is 40.4 Å². The van der Waals surface area contributed by atoms with Gasteiger partial charge in [-0.2, -0.15) is 13.2 Å². The Morgan fingerprint density at radius 2 is 1.93 bits per heavy atom. The summed E-state index contributed by atoms with van der Waals surface area (Å²) < 4.78 is 64.7. The number of aromatic nitrogens is 1. The van der Waals surface area contributed by atoms with Gasteiger partial charge in [-0.3, -0.25) is 4.79 Å². The Bertz CT molecular complexity index is 948. The molecule has 6 nitrogen and oxygen atoms in total. The molecule has 1 amide bonds. The van der Waals surface area contributed by atoms with Gasteiger partial charge < -0.3 is 5.32 Å². The second-order valence-corrected chi connectivity index (χ2v) is 9.20. The van der Waals surface area contributed by atoms with Gasteiger partial charge in [-0.25, -0.2) is 18.1 Å². The lowest BCUT2D eigenvalue weighted by Crippen LogP contribution is -2.33. The first-order valence-electron chi connectivity index (χ1n) is 8.60. The van der Waals surface area contributed by atoms with E-state index in [-0.39, 0.29) is 0 Å². The molecule has 0 saturated carbocycles. The molecule has 152 valence electrons. The number of nitrogens with zero attached hydrogens (tertiary/aromatic N) is 1. The number of alkyl halides is 3. The van der Waals surface area contributed by atoms with Crippen molar-refractivity contribution >= 4 is 32.4 Å². The number of hydrogen-bond acceptors (Lipinski definition) is 5. The van der Waals surface area contributed by atoms with E-state index in [9.17, 15) is 26.4 Å². The van der Waals surface area contributed by atoms with Gasteiger partial charge in [-0.15, -0.1) is 11.3 Å². The van der Waals surface area contributed by atoms with Crippen LogP contribution in [-0.4, -0.2) is 25.9 Å². The lowest BCUT2D eigenvalue weighted by Gasteiger charge is -2.10. The number of benzene rings is 1. The first kappa shape index (κ1) is 20.7. The number of fused-ring (bicyclic) bond motifs is 1. The van der Waals surface area contributed by atoms with Gasteiger partial charge in [0.1, 0.15) is 0 Å². The molecule has 0 saturated heterocycles. The van der Waals surface area contributed by atoms with Crippen LogP contribution in [0.1, 0.15) is 35.4 Å². The number of thiazole rings is 1. The van der Waals surface area contributed by atoms with Crippen LogP contribution in [0.5, 0.6) is 0 Å². The van der Waals surface area contributed by atoms with Gasteiger partial charge in [0, 0.05) is 4.88 Å². The van der Waals surface area contributed by atoms with Crippen LogP contribution in [0.2, 0.25) is 0 Å². The van der Waals surface area contributed by atoms with E-state index in [1.165, 1.54) is 11.3 Å². The molecule has 1 heterocycles. The molecule has 0 radical (unpaired) electrons. The third-order valence-corrected chi connectivity index (χ3v) is 6.71. The van der Waals surface area contributed by atoms with Crippen LogP contribution in [0.4, 0.5) is 18.3 Å². The maximum absolute atomic E-state index is 12.8. The molecule has 1 aromatic carbocycles. The van der Waals surface area contributed by atoms with Gasteiger partial charge in [0.15, 0.2) is 5.13 Å². The number of halogens is 3. The van der Waals surface area contributed by atoms with Crippen molar-refractivity contribution in [3.63, 3.8) is 0 Å². The summed E-state index contributed by atoms with van der Waals surface area (Å²) in [6.45, 7) is -0.608. The normalized spacial score (nSPS) is 15.0. The highest BCUT2D eigenvalue weighted by molar-refractivity contribution is 7.89. The van der Waals surface area contributed by atoms with Crippen molar-refractivity contribution in [1.82, 2.24) is 9.71 Å². The summed E-state index contributed by atoms with van der Waals surface area (Å²) in [4.78, 5) is 17.0. The van der Waals surface area contributed by atoms with Crippen LogP contribution in [0.15, 0.2) is 29.2 Å². The van der Waals surface area contributed by atoms with Crippen LogP contribution >= 0.6 is 11.3 Å². The Balaban J connectivity index is 1.62. The standard InChI is InChI=1S/C17H18F3N3O3S2/c18-17(19,20)11-5-4-6-12(9-11)28(25,26)21-10-15(24)23-16-22-13-7-2-1-3-8-14(13)27-16/h4-6,9,21H,1-3,7-8,10H2,(H,22,23,24). The van der Waals surface area contributed by atoms with E-state index in [0.29, 0.717) is 11.2 Å². The molecule has 28 heavy (non-hydrogen) atoms. The summed E-state index contributed by atoms with van der Waals surface area (Å²) in [5, 5.41) is 2.94. The number of amides is 1. The third-order valence-electron chi connectivity index (χ3n) is 4.24. The number of anilines is 1. The molecule has 1 aliphatic carbocycles. The van der Waals surface area contributed by atoms with Crippen molar-refractivity contribution < 1.29 is 26.4 Å². The Kier molecular flexibility index (Phi) is 6.06. The Morgan fingerprint density at radius 1 is 1.18 bits per heavy atom. The molecule has 0 unspecified atom stereocenters. The van der Waals surface area contributed by atoms with Crippen LogP contribution < -0.4 is 10.0 Å². The van der Waals surface area contributed by atoms with Gasteiger partial charge in [-0.05, 0) is 43.9 Å². The monoisotopic (exact) mass is 433 g/mol. The zero-order chi connectivity index (χ0) is 20.4. The quantitative estimate of drug-likeness (QED) is 0.708. The van der Waals surface area contributed by atoms with Crippen LogP contribution in [0, 0.1) is 0 Å². The number of aryl methyl sites for hydroxylation is 2. The van der Waals surface area contributed by atoms with Crippen molar-refractivity contribution in [2.45, 2.75) is 43.2 Å². The Hall–Kier alpha value is -1.98. The molecule has 2 aromatic rings. The highest BCUT2D eigenvalue weighted by atomic mass is 32.2. The second-order valence-electron chi connectivity index (χ2n) is 6.35. The van der Waals surface area contributed by atoms with Gasteiger partial charge in [0.25, 0.3) is 0 Å². The molecule has 0 aliphatic heterocycles. The summed E-state index contributed by atoms with van der Waals surface area (Å²) in [7, 11) is -4.27. The minimum Gasteiger partial charge on any atom is -0.301 e. The summed E-state index contributed by atoms with van der Waals surface area (Å²) in [6.07, 6.45) is 0.350. The highest BCUT2D eigenvalue weighted by Crippen LogP contribution is 2.31. The predicted octanol–water partition coefficient (Wildman–Crippen LogP) is 3.35. The topological polar surface area (TPSA) is 88.2 Å². The molecule has 11 heteroatoms. The molecule has 0 fully saturated rings. The molecule has 0 spiro atoms. The Morgan fingerprint density at radius 3 is 2.68 bits per heavy atom. The maximum Gasteiger partial charge on any atom is 0.416 e. The highest BCUT2D eigenvalue weighted by Gasteiger charge is 2.31. The predicted molar refractivity (Wildman–Crippen MR) is 98.6 cm³/mol. The van der Waals surface area contributed by atoms with Crippen molar-refractivity contribution in [3.8, 4) is 0 Å². The van der Waals surface area contributed by atoms with E-state index in [0.717, 1.165) is 60.9 Å². The smallest absolute Gasteiger partial charge is 0.301 e. The van der Waals surface area contributed by atoms with Crippen LogP contribution in [0.3, 0.4) is 0 Å². The SMILES string of the molecule is O=C(CNS(=O)(=O)c1cccc(C(F)(F)F)c1)Nc1nc2c(s1)CCCCC2. The lowest BCUT2D eigenvalue weighted by molar-refractivity contribution is -0.137. The van der Waals surface area contributed by atoms with E-state index in [4.69, 9.17) is 0 Å². The largest absolute Gasteiger partial charge is 0.416 e. The summed E-state index contributed by atoms with van der Waals surface area (Å²) >= 11 is 1.37. The average Bonchev–Trinajstić information content (AvgIpc) is 2.87. The van der Waals surface area contributed by atoms with E-state index in [1.807, 2.05) is 4.72 Å². The third kappa shape index (κ3) is 5.09. The number of carbonyl (C=O) groups is 1. The molecule has 3 rings (SSSR count). The fourth-order valence-corrected chi connectivity index (χ4v) is 4.92. The zero-order valence-electron chi connectivity index (χ0n) is 14.7. The van der Waals surface area contributed by atoms with Crippen LogP contribution in [-0.2, 0) is 33.8 Å². The first-order chi connectivity index (χ1) is 13.1. The fourth-order valence-electron chi connectivity index (χ4n) is 2.83. The molecule has 0 atom stereocenters. The Labute approximate surface area is 164 Å². The number of nitrogens with one attached hydrogen (secondary N) is 2. The van der Waals surface area contributed by atoms with Gasteiger partial charge in [0.2, 0.25) is 15.9 Å². The van der Waals surface area contributed by atoms with Gasteiger partial charge in [0.05, 0.1) is 22.7 Å². The van der Waals surface area contributed by atoms with Crippen molar-refractivity contribution in [2.75, 3.05) is 11.9 Å². The molecule has 1 aromatic heterocycles. The van der Waals surface area contributed by atoms with E-state index in [1.54, 1.807) is 0 Å². The van der Waals surface area contributed by atoms with Gasteiger partial charge >= 0.3 is 6.18 Å². The summed E-state index contributed by atoms with van der Waals surface area (Å²) in [5.41, 5.74) is -0.119. The first-order valence-corrected chi connectivity index (χ1v) is 10.9. The van der Waals surface area contributed by atoms with Crippen molar-refractivity contribution in [2.24, 2.45) is 0 Å². The number of rotatable bonds is 5. The van der Waals surface area contributed by atoms with Crippen molar-refractivity contribution in [1.29, 1.82) is 0 Å². The van der Waals surface area contributed by atoms with E-state index < -0.39 is 39.1 Å². The average molecular weight is 433 g/mol. The number of hydrogen-bond donors (Lipinski definition) is 2. The number of carbonyl (C=O) groups excluding carboxylic acids is 1. The summed E-state index contributed by atoms with van der Waals surface area (Å²) in [6, 6.07) is 3.34. The minimum atomic E-state index is -4.66. The van der Waals surface area contributed by atoms with Gasteiger partial charge in [-0.1, -0.05) is 12.5 Å². The fraction of sp³-hybridized carbons (Fsp3) is 0.412. The second kappa shape index (κ2) is 8.18. The van der Waals surface area contributed by atoms with Crippen LogP contribution in [0.25, 0.3) is 0 Å².